The summed E-state index contributed by atoms with van der Waals surface area (Å²) in [5.74, 6) is 0.895. The van der Waals surface area contributed by atoms with E-state index in [0.29, 0.717) is 0 Å². The van der Waals surface area contributed by atoms with Crippen molar-refractivity contribution >= 4 is 17.2 Å². The van der Waals surface area contributed by atoms with Crippen LogP contribution in [0.1, 0.15) is 13.8 Å². The minimum Gasteiger partial charge on any atom is -0.372 e. The maximum absolute atomic E-state index is 5.81. The van der Waals surface area contributed by atoms with Gasteiger partial charge in [0.05, 0.1) is 29.8 Å². The first-order valence-electron chi connectivity index (χ1n) is 6.98. The average molecular weight is 272 g/mol. The van der Waals surface area contributed by atoms with Crippen molar-refractivity contribution in [1.82, 2.24) is 10.2 Å². The molecule has 20 heavy (non-hydrogen) atoms. The Kier molecular flexibility index (Phi) is 3.60. The molecule has 1 saturated heterocycles. The summed E-state index contributed by atoms with van der Waals surface area (Å²) in [5.41, 5.74) is 2.28. The Morgan fingerprint density at radius 1 is 1.20 bits per heavy atom. The number of aromatic amines is 1. The number of rotatable bonds is 3. The second-order valence-corrected chi connectivity index (χ2v) is 5.27. The van der Waals surface area contributed by atoms with Crippen LogP contribution in [0.5, 0.6) is 0 Å². The summed E-state index contributed by atoms with van der Waals surface area (Å²) < 4.78 is 5.81. The molecule has 1 aromatic heterocycles. The van der Waals surface area contributed by atoms with Gasteiger partial charge in [-0.2, -0.15) is 5.10 Å². The van der Waals surface area contributed by atoms with E-state index >= 15 is 0 Å². The molecule has 1 fully saturated rings. The first kappa shape index (κ1) is 13.0. The van der Waals surface area contributed by atoms with E-state index in [1.54, 1.807) is 6.20 Å². The third kappa shape index (κ3) is 2.77. The van der Waals surface area contributed by atoms with E-state index in [1.807, 2.05) is 12.1 Å². The summed E-state index contributed by atoms with van der Waals surface area (Å²) in [5, 5.41) is 10.3. The van der Waals surface area contributed by atoms with Crippen LogP contribution in [0.2, 0.25) is 0 Å². The maximum Gasteiger partial charge on any atom is 0.125 e. The number of morpholine rings is 1. The Morgan fingerprint density at radius 3 is 2.65 bits per heavy atom. The van der Waals surface area contributed by atoms with Crippen molar-refractivity contribution in [3.05, 3.63) is 36.5 Å². The van der Waals surface area contributed by atoms with Gasteiger partial charge in [-0.1, -0.05) is 12.1 Å². The fraction of sp³-hybridized carbons (Fsp3) is 0.400. The largest absolute Gasteiger partial charge is 0.372 e. The Morgan fingerprint density at radius 2 is 1.95 bits per heavy atom. The topological polar surface area (TPSA) is 53.2 Å². The second kappa shape index (κ2) is 5.54. The molecule has 1 aliphatic rings. The molecule has 0 aliphatic carbocycles. The van der Waals surface area contributed by atoms with Gasteiger partial charge in [-0.3, -0.25) is 5.10 Å². The zero-order valence-corrected chi connectivity index (χ0v) is 11.8. The van der Waals surface area contributed by atoms with Crippen LogP contribution in [0, 0.1) is 0 Å². The van der Waals surface area contributed by atoms with Crippen molar-refractivity contribution in [1.29, 1.82) is 0 Å². The van der Waals surface area contributed by atoms with Gasteiger partial charge in [0.25, 0.3) is 0 Å². The number of H-pyrrole nitrogens is 1. The van der Waals surface area contributed by atoms with Crippen LogP contribution in [0.25, 0.3) is 0 Å². The standard InChI is InChI=1S/C15H20N4O/c1-11-9-19(10-12(2)20-11)14-6-4-3-5-13(14)17-15-7-8-16-18-15/h3-8,11-12H,9-10H2,1-2H3,(H2,16,17,18). The highest BCUT2D eigenvalue weighted by Gasteiger charge is 2.23. The Hall–Kier alpha value is -2.01. The molecule has 0 saturated carbocycles. The predicted octanol–water partition coefficient (Wildman–Crippen LogP) is 2.77. The molecule has 1 aromatic carbocycles. The summed E-state index contributed by atoms with van der Waals surface area (Å²) in [4.78, 5) is 2.37. The Bertz CT molecular complexity index is 545. The van der Waals surface area contributed by atoms with Crippen LogP contribution in [-0.2, 0) is 4.74 Å². The highest BCUT2D eigenvalue weighted by atomic mass is 16.5. The molecule has 0 radical (unpaired) electrons. The molecule has 5 nitrogen and oxygen atoms in total. The normalized spacial score (nSPS) is 22.8. The second-order valence-electron chi connectivity index (χ2n) is 5.27. The third-order valence-electron chi connectivity index (χ3n) is 3.43. The highest BCUT2D eigenvalue weighted by Crippen LogP contribution is 2.30. The molecule has 0 spiro atoms. The maximum atomic E-state index is 5.81. The first-order valence-corrected chi connectivity index (χ1v) is 6.98. The lowest BCUT2D eigenvalue weighted by Crippen LogP contribution is -2.45. The van der Waals surface area contributed by atoms with Gasteiger partial charge >= 0.3 is 0 Å². The number of para-hydroxylation sites is 2. The smallest absolute Gasteiger partial charge is 0.125 e. The van der Waals surface area contributed by atoms with E-state index in [-0.39, 0.29) is 12.2 Å². The Labute approximate surface area is 118 Å². The van der Waals surface area contributed by atoms with E-state index < -0.39 is 0 Å². The van der Waals surface area contributed by atoms with Gasteiger partial charge in [-0.15, -0.1) is 0 Å². The number of hydrogen-bond acceptors (Lipinski definition) is 4. The van der Waals surface area contributed by atoms with Crippen molar-refractivity contribution in [3.8, 4) is 0 Å². The van der Waals surface area contributed by atoms with Gasteiger partial charge in [0.15, 0.2) is 0 Å². The number of nitrogens with zero attached hydrogens (tertiary/aromatic N) is 2. The fourth-order valence-corrected chi connectivity index (χ4v) is 2.70. The Balaban J connectivity index is 1.85. The number of benzene rings is 1. The summed E-state index contributed by atoms with van der Waals surface area (Å²) >= 11 is 0. The minimum atomic E-state index is 0.249. The van der Waals surface area contributed by atoms with Crippen molar-refractivity contribution in [2.45, 2.75) is 26.1 Å². The lowest BCUT2D eigenvalue weighted by molar-refractivity contribution is -0.00517. The summed E-state index contributed by atoms with van der Waals surface area (Å²) in [6.45, 7) is 6.05. The average Bonchev–Trinajstić information content (AvgIpc) is 2.91. The number of nitrogens with one attached hydrogen (secondary N) is 2. The van der Waals surface area contributed by atoms with Crippen LogP contribution in [-0.4, -0.2) is 35.5 Å². The molecule has 1 aliphatic heterocycles. The van der Waals surface area contributed by atoms with Crippen molar-refractivity contribution < 1.29 is 4.74 Å². The van der Waals surface area contributed by atoms with Crippen LogP contribution < -0.4 is 10.2 Å². The first-order chi connectivity index (χ1) is 9.72. The number of ether oxygens (including phenoxy) is 1. The van der Waals surface area contributed by atoms with E-state index in [4.69, 9.17) is 4.74 Å². The lowest BCUT2D eigenvalue weighted by Gasteiger charge is -2.37. The molecule has 0 bridgehead atoms. The molecule has 2 heterocycles. The molecule has 0 amide bonds. The zero-order valence-electron chi connectivity index (χ0n) is 11.8. The quantitative estimate of drug-likeness (QED) is 0.902. The SMILES string of the molecule is CC1CN(c2ccccc2Nc2ccn[nH]2)CC(C)O1. The lowest BCUT2D eigenvalue weighted by atomic mass is 10.1. The van der Waals surface area contributed by atoms with E-state index in [9.17, 15) is 0 Å². The highest BCUT2D eigenvalue weighted by molar-refractivity contribution is 5.74. The van der Waals surface area contributed by atoms with Crippen molar-refractivity contribution in [2.24, 2.45) is 0 Å². The third-order valence-corrected chi connectivity index (χ3v) is 3.43. The fourth-order valence-electron chi connectivity index (χ4n) is 2.70. The van der Waals surface area contributed by atoms with Gasteiger partial charge in [0.2, 0.25) is 0 Å². The van der Waals surface area contributed by atoms with E-state index in [0.717, 1.165) is 24.6 Å². The minimum absolute atomic E-state index is 0.249. The van der Waals surface area contributed by atoms with Crippen LogP contribution in [0.4, 0.5) is 17.2 Å². The van der Waals surface area contributed by atoms with E-state index in [1.165, 1.54) is 5.69 Å². The molecular weight excluding hydrogens is 252 g/mol. The molecule has 2 N–H and O–H groups in total. The molecule has 2 unspecified atom stereocenters. The summed E-state index contributed by atoms with van der Waals surface area (Å²) in [7, 11) is 0. The van der Waals surface area contributed by atoms with Crippen LogP contribution in [0.15, 0.2) is 36.5 Å². The monoisotopic (exact) mass is 272 g/mol. The van der Waals surface area contributed by atoms with Gasteiger partial charge < -0.3 is 15.0 Å². The number of anilines is 3. The molecule has 3 rings (SSSR count). The van der Waals surface area contributed by atoms with Gasteiger partial charge in [-0.25, -0.2) is 0 Å². The molecule has 5 heteroatoms. The molecule has 2 atom stereocenters. The number of aromatic nitrogens is 2. The van der Waals surface area contributed by atoms with Gasteiger partial charge in [-0.05, 0) is 26.0 Å². The van der Waals surface area contributed by atoms with Crippen LogP contribution >= 0.6 is 0 Å². The van der Waals surface area contributed by atoms with Gasteiger partial charge in [0.1, 0.15) is 5.82 Å². The van der Waals surface area contributed by atoms with Crippen LogP contribution in [0.3, 0.4) is 0 Å². The van der Waals surface area contributed by atoms with Crippen molar-refractivity contribution in [2.75, 3.05) is 23.3 Å². The summed E-state index contributed by atoms with van der Waals surface area (Å²) in [6.07, 6.45) is 2.24. The number of hydrogen-bond donors (Lipinski definition) is 2. The summed E-state index contributed by atoms with van der Waals surface area (Å²) in [6, 6.07) is 10.2. The van der Waals surface area contributed by atoms with Gasteiger partial charge in [0, 0.05) is 19.2 Å². The van der Waals surface area contributed by atoms with E-state index in [2.05, 4.69) is 52.5 Å². The zero-order chi connectivity index (χ0) is 13.9. The van der Waals surface area contributed by atoms with Crippen molar-refractivity contribution in [3.63, 3.8) is 0 Å². The predicted molar refractivity (Wildman–Crippen MR) is 80.5 cm³/mol. The molecule has 2 aromatic rings. The molecule has 106 valence electrons. The molecular formula is C15H20N4O.